The first-order valence-electron chi connectivity index (χ1n) is 11.8. The Balaban J connectivity index is 1.37. The number of ether oxygens (including phenoxy) is 1. The van der Waals surface area contributed by atoms with E-state index in [0.29, 0.717) is 29.7 Å². The largest absolute Gasteiger partial charge is 0.383 e. The second kappa shape index (κ2) is 10.7. The summed E-state index contributed by atoms with van der Waals surface area (Å²) in [4.78, 5) is 9.24. The third-order valence-corrected chi connectivity index (χ3v) is 6.90. The number of nitriles is 1. The van der Waals surface area contributed by atoms with Crippen molar-refractivity contribution in [3.05, 3.63) is 35.5 Å². The van der Waals surface area contributed by atoms with Crippen LogP contribution in [0.2, 0.25) is 5.02 Å². The maximum Gasteiger partial charge on any atom is 0.126 e. The molecule has 2 saturated carbocycles. The number of hydrogen-bond donors (Lipinski definition) is 3. The number of nitrogens with one attached hydrogen (secondary N) is 3. The molecule has 0 aliphatic heterocycles. The number of halogens is 1. The van der Waals surface area contributed by atoms with Gasteiger partial charge in [0.1, 0.15) is 11.6 Å². The van der Waals surface area contributed by atoms with Gasteiger partial charge >= 0.3 is 0 Å². The molecule has 2 fully saturated rings. The molecule has 4 rings (SSSR count). The fourth-order valence-electron chi connectivity index (χ4n) is 4.45. The highest BCUT2D eigenvalue weighted by Crippen LogP contribution is 2.44. The lowest BCUT2D eigenvalue weighted by Crippen LogP contribution is -2.42. The molecular formula is C25H33ClN6O. The zero-order valence-corrected chi connectivity index (χ0v) is 20.2. The van der Waals surface area contributed by atoms with Crippen LogP contribution in [-0.4, -0.2) is 48.4 Å². The Morgan fingerprint density at radius 1 is 1.21 bits per heavy atom. The van der Waals surface area contributed by atoms with Crippen molar-refractivity contribution < 1.29 is 4.74 Å². The van der Waals surface area contributed by atoms with E-state index in [0.717, 1.165) is 68.0 Å². The second-order valence-corrected chi connectivity index (χ2v) is 9.83. The Kier molecular flexibility index (Phi) is 7.69. The van der Waals surface area contributed by atoms with E-state index in [-0.39, 0.29) is 5.41 Å². The predicted molar refractivity (Wildman–Crippen MR) is 132 cm³/mol. The minimum Gasteiger partial charge on any atom is -0.383 e. The molecule has 2 aliphatic rings. The van der Waals surface area contributed by atoms with Crippen LogP contribution in [0.3, 0.4) is 0 Å². The highest BCUT2D eigenvalue weighted by Gasteiger charge is 2.42. The number of nitrogens with zero attached hydrogens (tertiary/aromatic N) is 3. The standard InChI is InChI=1S/C25H33ClN6O/c1-17(14-33-2)30-18-6-8-19(9-7-18)31-24-12-20(21(26)13-28-24)22-4-3-5-23(32-22)29-16-25(15-27)10-11-25/h3-5,12-13,17-19,30H,6-11,14,16H2,1-2H3,(H,28,31)(H,29,32). The Bertz CT molecular complexity index is 981. The first-order chi connectivity index (χ1) is 16.0. The quantitative estimate of drug-likeness (QED) is 0.458. The summed E-state index contributed by atoms with van der Waals surface area (Å²) < 4.78 is 5.23. The third-order valence-electron chi connectivity index (χ3n) is 6.60. The zero-order chi connectivity index (χ0) is 23.3. The lowest BCUT2D eigenvalue weighted by Gasteiger charge is -2.31. The molecule has 2 aromatic rings. The molecule has 0 saturated heterocycles. The van der Waals surface area contributed by atoms with Crippen molar-refractivity contribution in [3.63, 3.8) is 0 Å². The van der Waals surface area contributed by atoms with Gasteiger partial charge in [0.05, 0.1) is 28.8 Å². The fourth-order valence-corrected chi connectivity index (χ4v) is 4.65. The number of pyridine rings is 2. The van der Waals surface area contributed by atoms with Crippen LogP contribution >= 0.6 is 11.6 Å². The van der Waals surface area contributed by atoms with E-state index in [4.69, 9.17) is 21.3 Å². The zero-order valence-electron chi connectivity index (χ0n) is 19.4. The summed E-state index contributed by atoms with van der Waals surface area (Å²) in [6.07, 6.45) is 8.04. The Hall–Kier alpha value is -2.40. The van der Waals surface area contributed by atoms with Gasteiger partial charge in [0.15, 0.2) is 0 Å². The number of methoxy groups -OCH3 is 1. The molecule has 7 nitrogen and oxygen atoms in total. The first-order valence-corrected chi connectivity index (χ1v) is 12.2. The first kappa shape index (κ1) is 23.7. The minimum absolute atomic E-state index is 0.223. The molecule has 2 aliphatic carbocycles. The normalized spacial score (nSPS) is 22.2. The molecule has 1 atom stereocenters. The van der Waals surface area contributed by atoms with Crippen molar-refractivity contribution in [2.24, 2.45) is 5.41 Å². The average Bonchev–Trinajstić information content (AvgIpc) is 3.61. The molecule has 2 aromatic heterocycles. The lowest BCUT2D eigenvalue weighted by atomic mass is 9.90. The van der Waals surface area contributed by atoms with Crippen LogP contribution in [-0.2, 0) is 4.74 Å². The molecule has 0 aromatic carbocycles. The Morgan fingerprint density at radius 2 is 1.97 bits per heavy atom. The maximum atomic E-state index is 9.29. The van der Waals surface area contributed by atoms with E-state index in [1.54, 1.807) is 13.3 Å². The van der Waals surface area contributed by atoms with Crippen molar-refractivity contribution in [2.45, 2.75) is 63.6 Å². The summed E-state index contributed by atoms with van der Waals surface area (Å²) in [5, 5.41) is 20.4. The fraction of sp³-hybridized carbons (Fsp3) is 0.560. The second-order valence-electron chi connectivity index (χ2n) is 9.42. The van der Waals surface area contributed by atoms with Crippen LogP contribution in [0.1, 0.15) is 45.4 Å². The van der Waals surface area contributed by atoms with Crippen LogP contribution in [0.15, 0.2) is 30.5 Å². The molecule has 8 heteroatoms. The number of anilines is 2. The van der Waals surface area contributed by atoms with Gasteiger partial charge in [-0.15, -0.1) is 0 Å². The van der Waals surface area contributed by atoms with Crippen molar-refractivity contribution in [3.8, 4) is 17.3 Å². The van der Waals surface area contributed by atoms with E-state index >= 15 is 0 Å². The number of hydrogen-bond acceptors (Lipinski definition) is 7. The molecule has 0 spiro atoms. The molecule has 1 unspecified atom stereocenters. The van der Waals surface area contributed by atoms with Gasteiger partial charge < -0.3 is 20.7 Å². The van der Waals surface area contributed by atoms with Crippen molar-refractivity contribution in [2.75, 3.05) is 30.9 Å². The van der Waals surface area contributed by atoms with E-state index in [9.17, 15) is 5.26 Å². The van der Waals surface area contributed by atoms with Gasteiger partial charge in [0.25, 0.3) is 0 Å². The highest BCUT2D eigenvalue weighted by molar-refractivity contribution is 6.33. The van der Waals surface area contributed by atoms with Gasteiger partial charge in [-0.05, 0) is 63.6 Å². The van der Waals surface area contributed by atoms with E-state index in [1.165, 1.54) is 0 Å². The summed E-state index contributed by atoms with van der Waals surface area (Å²) in [6.45, 7) is 3.53. The van der Waals surface area contributed by atoms with Crippen LogP contribution < -0.4 is 16.0 Å². The van der Waals surface area contributed by atoms with E-state index < -0.39 is 0 Å². The SMILES string of the molecule is COCC(C)NC1CCC(Nc2cc(-c3cccc(NCC4(C#N)CC4)n3)c(Cl)cn2)CC1. The lowest BCUT2D eigenvalue weighted by molar-refractivity contribution is 0.161. The average molecular weight is 469 g/mol. The van der Waals surface area contributed by atoms with Crippen LogP contribution in [0, 0.1) is 16.7 Å². The summed E-state index contributed by atoms with van der Waals surface area (Å²) in [7, 11) is 1.74. The van der Waals surface area contributed by atoms with E-state index in [2.05, 4.69) is 33.9 Å². The summed E-state index contributed by atoms with van der Waals surface area (Å²) in [5.74, 6) is 1.57. The summed E-state index contributed by atoms with van der Waals surface area (Å²) >= 11 is 6.49. The molecule has 0 bridgehead atoms. The molecule has 0 amide bonds. The minimum atomic E-state index is -0.223. The smallest absolute Gasteiger partial charge is 0.126 e. The molecule has 3 N–H and O–H groups in total. The van der Waals surface area contributed by atoms with Crippen molar-refractivity contribution >= 4 is 23.2 Å². The molecule has 176 valence electrons. The Labute approximate surface area is 201 Å². The van der Waals surface area contributed by atoms with Gasteiger partial charge in [0.2, 0.25) is 0 Å². The topological polar surface area (TPSA) is 94.9 Å². The van der Waals surface area contributed by atoms with Crippen molar-refractivity contribution in [1.29, 1.82) is 5.26 Å². The molecular weight excluding hydrogens is 436 g/mol. The molecule has 2 heterocycles. The Morgan fingerprint density at radius 3 is 2.67 bits per heavy atom. The summed E-state index contributed by atoms with van der Waals surface area (Å²) in [6, 6.07) is 11.5. The van der Waals surface area contributed by atoms with Crippen LogP contribution in [0.4, 0.5) is 11.6 Å². The highest BCUT2D eigenvalue weighted by atomic mass is 35.5. The van der Waals surface area contributed by atoms with Gasteiger partial charge in [-0.1, -0.05) is 17.7 Å². The van der Waals surface area contributed by atoms with E-state index in [1.807, 2.05) is 24.3 Å². The third kappa shape index (κ3) is 6.35. The maximum absolute atomic E-state index is 9.29. The van der Waals surface area contributed by atoms with Crippen LogP contribution in [0.25, 0.3) is 11.3 Å². The van der Waals surface area contributed by atoms with Gasteiger partial charge in [0, 0.05) is 43.5 Å². The summed E-state index contributed by atoms with van der Waals surface area (Å²) in [5.41, 5.74) is 1.42. The van der Waals surface area contributed by atoms with Crippen LogP contribution in [0.5, 0.6) is 0 Å². The molecule has 33 heavy (non-hydrogen) atoms. The van der Waals surface area contributed by atoms with Gasteiger partial charge in [-0.25, -0.2) is 9.97 Å². The number of rotatable bonds is 10. The molecule has 0 radical (unpaired) electrons. The van der Waals surface area contributed by atoms with Gasteiger partial charge in [-0.3, -0.25) is 0 Å². The predicted octanol–water partition coefficient (Wildman–Crippen LogP) is 4.86. The van der Waals surface area contributed by atoms with Crippen molar-refractivity contribution in [1.82, 2.24) is 15.3 Å². The monoisotopic (exact) mass is 468 g/mol. The number of aromatic nitrogens is 2. The van der Waals surface area contributed by atoms with Gasteiger partial charge in [-0.2, -0.15) is 5.26 Å².